The second-order valence-electron chi connectivity index (χ2n) is 4.32. The van der Waals surface area contributed by atoms with Gasteiger partial charge in [0.2, 0.25) is 0 Å². The van der Waals surface area contributed by atoms with Gasteiger partial charge in [0.1, 0.15) is 11.4 Å². The van der Waals surface area contributed by atoms with E-state index in [-0.39, 0.29) is 11.6 Å². The van der Waals surface area contributed by atoms with Gasteiger partial charge in [-0.15, -0.1) is 0 Å². The molecule has 1 amide bonds. The van der Waals surface area contributed by atoms with Crippen LogP contribution in [0.25, 0.3) is 0 Å². The molecule has 5 nitrogen and oxygen atoms in total. The average molecular weight is 257 g/mol. The van der Waals surface area contributed by atoms with E-state index in [1.54, 1.807) is 6.92 Å². The zero-order valence-electron chi connectivity index (χ0n) is 10.8. The van der Waals surface area contributed by atoms with E-state index in [2.05, 4.69) is 15.3 Å². The number of hydrogen-bond acceptors (Lipinski definition) is 3. The summed E-state index contributed by atoms with van der Waals surface area (Å²) >= 11 is 0. The summed E-state index contributed by atoms with van der Waals surface area (Å²) in [5.41, 5.74) is 0.575. The van der Waals surface area contributed by atoms with Crippen molar-refractivity contribution < 1.29 is 4.79 Å². The van der Waals surface area contributed by atoms with Gasteiger partial charge in [-0.3, -0.25) is 9.59 Å². The van der Waals surface area contributed by atoms with Crippen LogP contribution >= 0.6 is 0 Å². The molecule has 1 heterocycles. The smallest absolute Gasteiger partial charge is 0.263 e. The van der Waals surface area contributed by atoms with Crippen LogP contribution < -0.4 is 10.9 Å². The topological polar surface area (TPSA) is 74.8 Å². The highest BCUT2D eigenvalue weighted by Crippen LogP contribution is 2.11. The van der Waals surface area contributed by atoms with Crippen molar-refractivity contribution in [3.8, 4) is 0 Å². The third-order valence-corrected chi connectivity index (χ3v) is 2.82. The minimum atomic E-state index is -0.426. The lowest BCUT2D eigenvalue weighted by Gasteiger charge is -2.13. The molecule has 1 unspecified atom stereocenters. The number of carbonyl (C=O) groups excluding carboxylic acids is 1. The molecule has 19 heavy (non-hydrogen) atoms. The fourth-order valence-corrected chi connectivity index (χ4v) is 1.75. The maximum absolute atomic E-state index is 12.0. The van der Waals surface area contributed by atoms with Crippen LogP contribution in [0.15, 0.2) is 41.3 Å². The summed E-state index contributed by atoms with van der Waals surface area (Å²) in [4.78, 5) is 30.1. The van der Waals surface area contributed by atoms with Crippen molar-refractivity contribution in [2.75, 3.05) is 0 Å². The quantitative estimate of drug-likeness (QED) is 0.876. The first-order valence-electron chi connectivity index (χ1n) is 5.99. The lowest BCUT2D eigenvalue weighted by atomic mass is 10.1. The van der Waals surface area contributed by atoms with Crippen molar-refractivity contribution in [2.45, 2.75) is 19.9 Å². The van der Waals surface area contributed by atoms with Gasteiger partial charge in [-0.05, 0) is 19.4 Å². The predicted molar refractivity (Wildman–Crippen MR) is 71.9 cm³/mol. The number of aromatic amines is 1. The molecule has 1 aromatic heterocycles. The Balaban J connectivity index is 2.15. The minimum absolute atomic E-state index is 0.0216. The third kappa shape index (κ3) is 3.07. The van der Waals surface area contributed by atoms with Crippen molar-refractivity contribution in [1.82, 2.24) is 15.3 Å². The second kappa shape index (κ2) is 5.48. The van der Waals surface area contributed by atoms with Gasteiger partial charge >= 0.3 is 0 Å². The van der Waals surface area contributed by atoms with Crippen LogP contribution in [0.3, 0.4) is 0 Å². The Morgan fingerprint density at radius 2 is 2.00 bits per heavy atom. The molecule has 0 aliphatic carbocycles. The molecule has 0 saturated heterocycles. The van der Waals surface area contributed by atoms with Crippen molar-refractivity contribution in [3.63, 3.8) is 0 Å². The van der Waals surface area contributed by atoms with Gasteiger partial charge < -0.3 is 10.3 Å². The molecular formula is C14H15N3O2. The number of nitrogens with one attached hydrogen (secondary N) is 2. The lowest BCUT2D eigenvalue weighted by Crippen LogP contribution is -2.32. The summed E-state index contributed by atoms with van der Waals surface area (Å²) in [7, 11) is 0. The molecule has 1 aromatic carbocycles. The first-order chi connectivity index (χ1) is 9.08. The van der Waals surface area contributed by atoms with Crippen LogP contribution in [0.5, 0.6) is 0 Å². The molecular weight excluding hydrogens is 242 g/mol. The summed E-state index contributed by atoms with van der Waals surface area (Å²) in [6.07, 6.45) is 1.29. The molecule has 98 valence electrons. The molecule has 2 aromatic rings. The molecule has 2 N–H and O–H groups in total. The van der Waals surface area contributed by atoms with E-state index in [0.717, 1.165) is 5.56 Å². The summed E-state index contributed by atoms with van der Waals surface area (Å²) < 4.78 is 0. The number of amides is 1. The third-order valence-electron chi connectivity index (χ3n) is 2.82. The Morgan fingerprint density at radius 3 is 2.63 bits per heavy atom. The maximum atomic E-state index is 12.0. The Morgan fingerprint density at radius 1 is 1.32 bits per heavy atom. The van der Waals surface area contributed by atoms with Crippen LogP contribution in [0, 0.1) is 6.92 Å². The number of rotatable bonds is 3. The molecule has 5 heteroatoms. The van der Waals surface area contributed by atoms with Gasteiger partial charge in [-0.25, -0.2) is 4.98 Å². The van der Waals surface area contributed by atoms with Gasteiger partial charge in [0.05, 0.1) is 6.04 Å². The predicted octanol–water partition coefficient (Wildman–Crippen LogP) is 1.57. The molecule has 0 saturated carbocycles. The molecule has 0 bridgehead atoms. The van der Waals surface area contributed by atoms with E-state index in [1.165, 1.54) is 6.20 Å². The van der Waals surface area contributed by atoms with Crippen LogP contribution in [0.1, 0.15) is 34.7 Å². The second-order valence-corrected chi connectivity index (χ2v) is 4.32. The summed E-state index contributed by atoms with van der Waals surface area (Å²) in [6, 6.07) is 9.38. The lowest BCUT2D eigenvalue weighted by molar-refractivity contribution is 0.0938. The fraction of sp³-hybridized carbons (Fsp3) is 0.214. The number of aromatic nitrogens is 2. The molecule has 2 rings (SSSR count). The van der Waals surface area contributed by atoms with Gasteiger partial charge in [0.25, 0.3) is 11.5 Å². The Labute approximate surface area is 110 Å². The highest BCUT2D eigenvalue weighted by molar-refractivity contribution is 5.93. The number of aryl methyl sites for hydroxylation is 1. The van der Waals surface area contributed by atoms with E-state index in [9.17, 15) is 9.59 Å². The number of nitrogens with zero attached hydrogens (tertiary/aromatic N) is 1. The summed E-state index contributed by atoms with van der Waals surface area (Å²) in [5.74, 6) is 0.0581. The number of H-pyrrole nitrogens is 1. The SMILES string of the molecule is Cc1ncc(C(=O)NC(C)c2ccccc2)c(=O)[nH]1. The van der Waals surface area contributed by atoms with Crippen LogP contribution in [0.2, 0.25) is 0 Å². The maximum Gasteiger partial charge on any atom is 0.263 e. The average Bonchev–Trinajstić information content (AvgIpc) is 2.39. The fourth-order valence-electron chi connectivity index (χ4n) is 1.75. The largest absolute Gasteiger partial charge is 0.345 e. The Kier molecular flexibility index (Phi) is 3.75. The van der Waals surface area contributed by atoms with Gasteiger partial charge in [0.15, 0.2) is 0 Å². The van der Waals surface area contributed by atoms with Gasteiger partial charge in [-0.1, -0.05) is 30.3 Å². The van der Waals surface area contributed by atoms with Crippen LogP contribution in [-0.4, -0.2) is 15.9 Å². The Hall–Kier alpha value is -2.43. The van der Waals surface area contributed by atoms with E-state index >= 15 is 0 Å². The van der Waals surface area contributed by atoms with Crippen molar-refractivity contribution >= 4 is 5.91 Å². The zero-order chi connectivity index (χ0) is 13.8. The molecule has 0 spiro atoms. The van der Waals surface area contributed by atoms with Crippen molar-refractivity contribution in [3.05, 3.63) is 63.8 Å². The highest BCUT2D eigenvalue weighted by atomic mass is 16.2. The normalized spacial score (nSPS) is 11.9. The number of benzene rings is 1. The van der Waals surface area contributed by atoms with E-state index in [1.807, 2.05) is 37.3 Å². The summed E-state index contributed by atoms with van der Waals surface area (Å²) in [5, 5.41) is 2.77. The van der Waals surface area contributed by atoms with Crippen molar-refractivity contribution in [1.29, 1.82) is 0 Å². The number of carbonyl (C=O) groups is 1. The Bertz CT molecular complexity index is 635. The highest BCUT2D eigenvalue weighted by Gasteiger charge is 2.14. The van der Waals surface area contributed by atoms with Crippen LogP contribution in [0.4, 0.5) is 0 Å². The molecule has 0 radical (unpaired) electrons. The molecule has 0 aliphatic heterocycles. The standard InChI is InChI=1S/C14H15N3O2/c1-9(11-6-4-3-5-7-11)16-13(18)12-8-15-10(2)17-14(12)19/h3-9H,1-2H3,(H,16,18)(H,15,17,19). The minimum Gasteiger partial charge on any atom is -0.345 e. The number of hydrogen-bond donors (Lipinski definition) is 2. The summed E-state index contributed by atoms with van der Waals surface area (Å²) in [6.45, 7) is 3.53. The molecule has 0 fully saturated rings. The van der Waals surface area contributed by atoms with Crippen molar-refractivity contribution in [2.24, 2.45) is 0 Å². The van der Waals surface area contributed by atoms with Crippen LogP contribution in [-0.2, 0) is 0 Å². The first kappa shape index (κ1) is 13.0. The zero-order valence-corrected chi connectivity index (χ0v) is 10.8. The van der Waals surface area contributed by atoms with Gasteiger partial charge in [-0.2, -0.15) is 0 Å². The molecule has 1 atom stereocenters. The van der Waals surface area contributed by atoms with E-state index < -0.39 is 11.5 Å². The van der Waals surface area contributed by atoms with E-state index in [0.29, 0.717) is 5.82 Å². The monoisotopic (exact) mass is 257 g/mol. The van der Waals surface area contributed by atoms with E-state index in [4.69, 9.17) is 0 Å². The van der Waals surface area contributed by atoms with Gasteiger partial charge in [0, 0.05) is 6.20 Å². The molecule has 0 aliphatic rings. The first-order valence-corrected chi connectivity index (χ1v) is 5.99.